The van der Waals surface area contributed by atoms with Gasteiger partial charge in [-0.1, -0.05) is 78.9 Å². The maximum atomic E-state index is 10.3. The van der Waals surface area contributed by atoms with E-state index >= 15 is 0 Å². The van der Waals surface area contributed by atoms with Crippen molar-refractivity contribution in [2.24, 2.45) is 0 Å². The molecular formula is C41H25N5. The average Bonchev–Trinajstić information content (AvgIpc) is 3.65. The summed E-state index contributed by atoms with van der Waals surface area (Å²) in [5.74, 6) is 0.852. The predicted octanol–water partition coefficient (Wildman–Crippen LogP) is 9.88. The fourth-order valence-electron chi connectivity index (χ4n) is 6.77. The highest BCUT2D eigenvalue weighted by molar-refractivity contribution is 6.10. The molecule has 0 saturated carbocycles. The minimum atomic E-state index is 0.573. The number of aromatic nitrogens is 4. The van der Waals surface area contributed by atoms with Gasteiger partial charge in [-0.05, 0) is 66.7 Å². The van der Waals surface area contributed by atoms with Crippen molar-refractivity contribution in [1.82, 2.24) is 19.1 Å². The van der Waals surface area contributed by atoms with Crippen molar-refractivity contribution in [3.05, 3.63) is 157 Å². The Kier molecular flexibility index (Phi) is 5.81. The van der Waals surface area contributed by atoms with Crippen LogP contribution in [-0.4, -0.2) is 19.1 Å². The van der Waals surface area contributed by atoms with E-state index in [1.165, 1.54) is 21.5 Å². The molecule has 0 amide bonds. The highest BCUT2D eigenvalue weighted by Crippen LogP contribution is 2.35. The van der Waals surface area contributed by atoms with Crippen LogP contribution in [-0.2, 0) is 0 Å². The molecular weight excluding hydrogens is 562 g/mol. The first-order valence-corrected chi connectivity index (χ1v) is 15.2. The summed E-state index contributed by atoms with van der Waals surface area (Å²) in [6.07, 6.45) is 1.88. The lowest BCUT2D eigenvalue weighted by Crippen LogP contribution is -1.98. The summed E-state index contributed by atoms with van der Waals surface area (Å²) in [6.45, 7) is 0. The Balaban J connectivity index is 1.10. The summed E-state index contributed by atoms with van der Waals surface area (Å²) >= 11 is 0. The summed E-state index contributed by atoms with van der Waals surface area (Å²) in [4.78, 5) is 9.89. The van der Waals surface area contributed by atoms with Gasteiger partial charge in [0.25, 0.3) is 0 Å². The molecule has 0 saturated heterocycles. The van der Waals surface area contributed by atoms with Crippen LogP contribution in [0.2, 0.25) is 0 Å². The quantitative estimate of drug-likeness (QED) is 0.206. The number of nitriles is 1. The Bertz CT molecular complexity index is 2550. The standard InChI is InChI=1S/C41H25N5/c42-25-28-24-29(45-37-16-5-1-10-31(37)32-11-2-6-17-38(32)45)21-22-30(28)36-15-9-14-35(44-36)27-20-23-41(43-26-27)46-39-18-7-3-12-33(39)34-13-4-8-19-40(34)46/h1-24,26H. The number of hydrogen-bond donors (Lipinski definition) is 0. The van der Waals surface area contributed by atoms with E-state index in [2.05, 4.69) is 124 Å². The highest BCUT2D eigenvalue weighted by Gasteiger charge is 2.16. The fourth-order valence-corrected chi connectivity index (χ4v) is 6.77. The van der Waals surface area contributed by atoms with Gasteiger partial charge < -0.3 is 4.57 Å². The molecule has 0 fully saturated rings. The minimum Gasteiger partial charge on any atom is -0.309 e. The molecule has 0 atom stereocenters. The largest absolute Gasteiger partial charge is 0.309 e. The van der Waals surface area contributed by atoms with E-state index in [1.807, 2.05) is 42.6 Å². The fraction of sp³-hybridized carbons (Fsp3) is 0. The van der Waals surface area contributed by atoms with Crippen molar-refractivity contribution in [3.63, 3.8) is 0 Å². The van der Waals surface area contributed by atoms with E-state index in [4.69, 9.17) is 9.97 Å². The molecule has 214 valence electrons. The van der Waals surface area contributed by atoms with E-state index in [9.17, 15) is 5.26 Å². The number of benzene rings is 5. The molecule has 9 rings (SSSR count). The third-order valence-corrected chi connectivity index (χ3v) is 8.84. The molecule has 0 N–H and O–H groups in total. The maximum Gasteiger partial charge on any atom is 0.137 e. The number of para-hydroxylation sites is 4. The zero-order valence-corrected chi connectivity index (χ0v) is 24.7. The molecule has 4 heterocycles. The lowest BCUT2D eigenvalue weighted by atomic mass is 10.0. The maximum absolute atomic E-state index is 10.3. The van der Waals surface area contributed by atoms with Crippen LogP contribution >= 0.6 is 0 Å². The second kappa shape index (κ2) is 10.3. The molecule has 5 nitrogen and oxygen atoms in total. The molecule has 4 aromatic heterocycles. The highest BCUT2D eigenvalue weighted by atomic mass is 15.1. The van der Waals surface area contributed by atoms with Crippen LogP contribution in [0.15, 0.2) is 152 Å². The number of nitrogens with zero attached hydrogens (tertiary/aromatic N) is 5. The molecule has 46 heavy (non-hydrogen) atoms. The van der Waals surface area contributed by atoms with Gasteiger partial charge in [0, 0.05) is 44.6 Å². The third-order valence-electron chi connectivity index (χ3n) is 8.84. The Morgan fingerprint density at radius 1 is 0.500 bits per heavy atom. The number of rotatable bonds is 4. The van der Waals surface area contributed by atoms with Crippen molar-refractivity contribution >= 4 is 43.6 Å². The monoisotopic (exact) mass is 587 g/mol. The van der Waals surface area contributed by atoms with Crippen LogP contribution in [0.5, 0.6) is 0 Å². The van der Waals surface area contributed by atoms with Crippen molar-refractivity contribution in [2.75, 3.05) is 0 Å². The van der Waals surface area contributed by atoms with E-state index in [0.717, 1.165) is 56.1 Å². The first-order chi connectivity index (χ1) is 22.8. The van der Waals surface area contributed by atoms with Crippen LogP contribution in [0, 0.1) is 11.3 Å². The molecule has 0 radical (unpaired) electrons. The second-order valence-electron chi connectivity index (χ2n) is 11.4. The molecule has 0 bridgehead atoms. The first-order valence-electron chi connectivity index (χ1n) is 15.2. The Labute approximate surface area is 264 Å². The topological polar surface area (TPSA) is 59.4 Å². The van der Waals surface area contributed by atoms with Gasteiger partial charge in [0.2, 0.25) is 0 Å². The Morgan fingerprint density at radius 2 is 1.04 bits per heavy atom. The first kappa shape index (κ1) is 25.9. The summed E-state index contributed by atoms with van der Waals surface area (Å²) in [7, 11) is 0. The Hall–Kier alpha value is -6.51. The molecule has 0 aliphatic carbocycles. The van der Waals surface area contributed by atoms with Crippen LogP contribution in [0.4, 0.5) is 0 Å². The molecule has 0 aliphatic rings. The van der Waals surface area contributed by atoms with E-state index in [-0.39, 0.29) is 0 Å². The summed E-state index contributed by atoms with van der Waals surface area (Å²) in [5, 5.41) is 15.1. The van der Waals surface area contributed by atoms with Gasteiger partial charge in [-0.2, -0.15) is 5.26 Å². The number of fused-ring (bicyclic) bond motifs is 6. The molecule has 5 heteroatoms. The van der Waals surface area contributed by atoms with Gasteiger partial charge in [-0.15, -0.1) is 0 Å². The molecule has 0 spiro atoms. The van der Waals surface area contributed by atoms with E-state index in [1.54, 1.807) is 0 Å². The molecule has 0 unspecified atom stereocenters. The Morgan fingerprint density at radius 3 is 1.59 bits per heavy atom. The second-order valence-corrected chi connectivity index (χ2v) is 11.4. The van der Waals surface area contributed by atoms with E-state index < -0.39 is 0 Å². The summed E-state index contributed by atoms with van der Waals surface area (Å²) in [6, 6.07) is 52.1. The van der Waals surface area contributed by atoms with Gasteiger partial charge in [0.15, 0.2) is 0 Å². The van der Waals surface area contributed by atoms with Crippen molar-refractivity contribution < 1.29 is 0 Å². The van der Waals surface area contributed by atoms with Crippen LogP contribution in [0.3, 0.4) is 0 Å². The number of hydrogen-bond acceptors (Lipinski definition) is 3. The predicted molar refractivity (Wildman–Crippen MR) is 186 cm³/mol. The average molecular weight is 588 g/mol. The van der Waals surface area contributed by atoms with Crippen molar-refractivity contribution in [2.45, 2.75) is 0 Å². The van der Waals surface area contributed by atoms with Crippen LogP contribution in [0.1, 0.15) is 5.56 Å². The smallest absolute Gasteiger partial charge is 0.137 e. The molecule has 0 aliphatic heterocycles. The van der Waals surface area contributed by atoms with Crippen molar-refractivity contribution in [3.8, 4) is 40.1 Å². The lowest BCUT2D eigenvalue weighted by molar-refractivity contribution is 1.08. The minimum absolute atomic E-state index is 0.573. The van der Waals surface area contributed by atoms with Gasteiger partial charge in [0.1, 0.15) is 5.82 Å². The zero-order chi connectivity index (χ0) is 30.6. The number of pyridine rings is 2. The van der Waals surface area contributed by atoms with Crippen LogP contribution < -0.4 is 0 Å². The lowest BCUT2D eigenvalue weighted by Gasteiger charge is -2.12. The van der Waals surface area contributed by atoms with Crippen LogP contribution in [0.25, 0.3) is 77.6 Å². The molecule has 5 aromatic carbocycles. The SMILES string of the molecule is N#Cc1cc(-n2c3ccccc3c3ccccc32)ccc1-c1cccc(-c2ccc(-n3c4ccccc4c4ccccc43)nc2)n1. The summed E-state index contributed by atoms with van der Waals surface area (Å²) < 4.78 is 4.43. The van der Waals surface area contributed by atoms with Gasteiger partial charge in [0.05, 0.1) is 45.1 Å². The summed E-state index contributed by atoms with van der Waals surface area (Å²) in [5.41, 5.74) is 9.23. The van der Waals surface area contributed by atoms with Gasteiger partial charge >= 0.3 is 0 Å². The van der Waals surface area contributed by atoms with E-state index in [0.29, 0.717) is 5.56 Å². The molecule has 9 aromatic rings. The van der Waals surface area contributed by atoms with Gasteiger partial charge in [-0.3, -0.25) is 4.57 Å². The normalized spacial score (nSPS) is 11.5. The zero-order valence-electron chi connectivity index (χ0n) is 24.7. The van der Waals surface area contributed by atoms with Gasteiger partial charge in [-0.25, -0.2) is 9.97 Å². The third kappa shape index (κ3) is 3.94. The van der Waals surface area contributed by atoms with Crippen molar-refractivity contribution in [1.29, 1.82) is 5.26 Å².